The van der Waals surface area contributed by atoms with E-state index in [-0.39, 0.29) is 25.8 Å². The molecule has 30 heavy (non-hydrogen) atoms. The molecule has 0 aliphatic carbocycles. The van der Waals surface area contributed by atoms with Crippen molar-refractivity contribution in [3.8, 4) is 0 Å². The third-order valence-corrected chi connectivity index (χ3v) is 6.75. The normalized spacial score (nSPS) is 10.6. The molecule has 0 heterocycles. The quantitative estimate of drug-likeness (QED) is 0.216. The van der Waals surface area contributed by atoms with Crippen molar-refractivity contribution in [2.24, 2.45) is 0 Å². The van der Waals surface area contributed by atoms with Gasteiger partial charge in [0.2, 0.25) is 0 Å². The number of hydrogen-bond acceptors (Lipinski definition) is 0. The van der Waals surface area contributed by atoms with Gasteiger partial charge in [-0.3, -0.25) is 0 Å². The van der Waals surface area contributed by atoms with Crippen LogP contribution in [0.25, 0.3) is 16.0 Å². The Morgan fingerprint density at radius 1 is 0.500 bits per heavy atom. The summed E-state index contributed by atoms with van der Waals surface area (Å²) in [6.07, 6.45) is 0. The molecule has 1 aromatic carbocycles. The van der Waals surface area contributed by atoms with Crippen molar-refractivity contribution in [2.75, 3.05) is 0 Å². The van der Waals surface area contributed by atoms with Gasteiger partial charge in [-0.15, -0.1) is 36.3 Å². The molecule has 0 spiro atoms. The predicted octanol–water partition coefficient (Wildman–Crippen LogP) is 7.63. The second-order valence-electron chi connectivity index (χ2n) is 9.38. The van der Waals surface area contributed by atoms with Crippen LogP contribution in [0.1, 0.15) is 83.1 Å². The van der Waals surface area contributed by atoms with Gasteiger partial charge in [-0.05, 0) is 0 Å². The van der Waals surface area contributed by atoms with E-state index in [4.69, 9.17) is 0 Å². The molecule has 5 heteroatoms. The van der Waals surface area contributed by atoms with E-state index in [1.165, 1.54) is 0 Å². The summed E-state index contributed by atoms with van der Waals surface area (Å²) in [6.45, 7) is 25.2. The van der Waals surface area contributed by atoms with Crippen LogP contribution in [0.4, 0.5) is 0 Å². The SMILES string of the molecule is CC(C)[N-]C(C)C.CC(C)[N-]C(C)C.CC(C)[N-]C(C)C.[CH3][GeH]([CH3])[c-]1cccc1.[Hf+4]. The molecule has 176 valence electrons. The molecular formula is C25H53GeHfN3. The molecule has 0 aromatic heterocycles. The summed E-state index contributed by atoms with van der Waals surface area (Å²) < 4.78 is 1.62. The van der Waals surface area contributed by atoms with Crippen LogP contribution in [-0.4, -0.2) is 50.6 Å². The van der Waals surface area contributed by atoms with Crippen molar-refractivity contribution in [2.45, 2.75) is 131 Å². The van der Waals surface area contributed by atoms with Crippen molar-refractivity contribution >= 4 is 18.7 Å². The van der Waals surface area contributed by atoms with Crippen LogP contribution in [0.3, 0.4) is 0 Å². The number of nitrogens with zero attached hydrogens (tertiary/aromatic N) is 3. The minimum absolute atomic E-state index is 0. The summed E-state index contributed by atoms with van der Waals surface area (Å²) in [5, 5.41) is 12.8. The summed E-state index contributed by atoms with van der Waals surface area (Å²) in [5.41, 5.74) is 0. The third-order valence-electron chi connectivity index (χ3n) is 3.14. The molecule has 0 fully saturated rings. The molecule has 0 saturated carbocycles. The Morgan fingerprint density at radius 2 is 0.700 bits per heavy atom. The summed E-state index contributed by atoms with van der Waals surface area (Å²) >= 11 is -0.888. The Kier molecular flexibility index (Phi) is 30.7. The molecule has 0 aliphatic rings. The molecule has 0 unspecified atom stereocenters. The summed E-state index contributed by atoms with van der Waals surface area (Å²) in [4.78, 5) is 0. The van der Waals surface area contributed by atoms with E-state index in [1.807, 2.05) is 0 Å². The topological polar surface area (TPSA) is 42.3 Å². The number of rotatable bonds is 7. The monoisotopic (exact) mass is 649 g/mol. The fourth-order valence-electron chi connectivity index (χ4n) is 2.56. The second-order valence-corrected chi connectivity index (χ2v) is 15.6. The Balaban J connectivity index is -0.000000149. The zero-order chi connectivity index (χ0) is 23.6. The van der Waals surface area contributed by atoms with Gasteiger partial charge < -0.3 is 16.0 Å². The van der Waals surface area contributed by atoms with Gasteiger partial charge >= 0.3 is 80.4 Å². The fourth-order valence-corrected chi connectivity index (χ4v) is 4.64. The minimum Gasteiger partial charge on any atom is 4.00 e. The van der Waals surface area contributed by atoms with Crippen molar-refractivity contribution < 1.29 is 25.8 Å². The summed E-state index contributed by atoms with van der Waals surface area (Å²) in [5.74, 6) is 4.78. The van der Waals surface area contributed by atoms with Gasteiger partial charge in [-0.1, -0.05) is 83.1 Å². The van der Waals surface area contributed by atoms with Crippen LogP contribution >= 0.6 is 0 Å². The maximum absolute atomic E-state index is 4.28. The Bertz CT molecular complexity index is 363. The Morgan fingerprint density at radius 3 is 0.767 bits per heavy atom. The molecular weight excluding hydrogens is 593 g/mol. The summed E-state index contributed by atoms with van der Waals surface area (Å²) in [7, 11) is 0. The van der Waals surface area contributed by atoms with E-state index in [0.29, 0.717) is 36.3 Å². The average Bonchev–Trinajstić information content (AvgIpc) is 2.98. The van der Waals surface area contributed by atoms with E-state index >= 15 is 0 Å². The van der Waals surface area contributed by atoms with Gasteiger partial charge in [0.15, 0.2) is 0 Å². The van der Waals surface area contributed by atoms with Gasteiger partial charge in [-0.2, -0.15) is 0 Å². The van der Waals surface area contributed by atoms with Crippen LogP contribution in [0.2, 0.25) is 11.5 Å². The fraction of sp³-hybridized carbons (Fsp3) is 0.800. The van der Waals surface area contributed by atoms with Gasteiger partial charge in [0.05, 0.1) is 0 Å². The molecule has 0 amide bonds. The third kappa shape index (κ3) is 39.2. The Labute approximate surface area is 214 Å². The second kappa shape index (κ2) is 24.3. The molecule has 0 N–H and O–H groups in total. The predicted molar refractivity (Wildman–Crippen MR) is 141 cm³/mol. The first kappa shape index (κ1) is 37.9. The van der Waals surface area contributed by atoms with Crippen LogP contribution < -0.4 is 4.40 Å². The van der Waals surface area contributed by atoms with E-state index < -0.39 is 14.3 Å². The van der Waals surface area contributed by atoms with Gasteiger partial charge in [0, 0.05) is 0 Å². The van der Waals surface area contributed by atoms with Gasteiger partial charge in [0.1, 0.15) is 0 Å². The van der Waals surface area contributed by atoms with Gasteiger partial charge in [-0.25, -0.2) is 0 Å². The van der Waals surface area contributed by atoms with Crippen LogP contribution in [0, 0.1) is 0 Å². The molecule has 0 saturated heterocycles. The first-order valence-corrected chi connectivity index (χ1v) is 17.6. The van der Waals surface area contributed by atoms with Crippen molar-refractivity contribution in [3.63, 3.8) is 0 Å². The van der Waals surface area contributed by atoms with Crippen LogP contribution in [0.5, 0.6) is 0 Å². The molecule has 3 nitrogen and oxygen atoms in total. The minimum atomic E-state index is -0.888. The van der Waals surface area contributed by atoms with E-state index in [2.05, 4.69) is 135 Å². The van der Waals surface area contributed by atoms with E-state index in [9.17, 15) is 0 Å². The standard InChI is InChI=1S/C7H11Ge.3C6H14N.Hf/c1-8(2)7-5-3-4-6-7;3*1-5(2)7-6(3)4;/h3-6,8H,1-2H3;3*5-6H,1-4H3;/q4*-1;+4. The van der Waals surface area contributed by atoms with E-state index in [0.717, 1.165) is 0 Å². The summed E-state index contributed by atoms with van der Waals surface area (Å²) in [6, 6.07) is 11.7. The van der Waals surface area contributed by atoms with Crippen LogP contribution in [0.15, 0.2) is 24.3 Å². The maximum atomic E-state index is 4.28. The largest absolute Gasteiger partial charge is 4.00 e. The van der Waals surface area contributed by atoms with Crippen molar-refractivity contribution in [3.05, 3.63) is 40.2 Å². The van der Waals surface area contributed by atoms with Gasteiger partial charge in [0.25, 0.3) is 0 Å². The molecule has 0 aliphatic heterocycles. The van der Waals surface area contributed by atoms with E-state index in [1.54, 1.807) is 4.40 Å². The molecule has 1 rings (SSSR count). The zero-order valence-electron chi connectivity index (χ0n) is 22.7. The first-order chi connectivity index (χ1) is 13.2. The molecule has 0 radical (unpaired) electrons. The zero-order valence-corrected chi connectivity index (χ0v) is 28.7. The van der Waals surface area contributed by atoms with Crippen molar-refractivity contribution in [1.29, 1.82) is 0 Å². The Hall–Kier alpha value is 0.643. The van der Waals surface area contributed by atoms with Crippen LogP contribution in [-0.2, 0) is 25.8 Å². The van der Waals surface area contributed by atoms with Crippen molar-refractivity contribution in [1.82, 2.24) is 0 Å². The first-order valence-electron chi connectivity index (χ1n) is 11.5. The maximum Gasteiger partial charge on any atom is 4.00 e. The smallest absolute Gasteiger partial charge is 4.00 e. The molecule has 0 atom stereocenters. The molecule has 1 aromatic rings. The average molecular weight is 647 g/mol. The number of hydrogen-bond donors (Lipinski definition) is 0. The molecule has 0 bridgehead atoms.